The van der Waals surface area contributed by atoms with E-state index in [0.29, 0.717) is 12.6 Å². The van der Waals surface area contributed by atoms with Gasteiger partial charge in [0.1, 0.15) is 17.8 Å². The van der Waals surface area contributed by atoms with Gasteiger partial charge in [-0.05, 0) is 43.2 Å². The van der Waals surface area contributed by atoms with Crippen LogP contribution in [0.1, 0.15) is 37.2 Å². The van der Waals surface area contributed by atoms with E-state index in [1.807, 2.05) is 42.6 Å². The number of benzene rings is 1. The molecule has 1 aliphatic carbocycles. The number of anilines is 1. The highest BCUT2D eigenvalue weighted by Crippen LogP contribution is 2.34. The van der Waals surface area contributed by atoms with Gasteiger partial charge in [0.2, 0.25) is 10.0 Å². The SMILES string of the molecule is CN(c1ncnc2[nH]ccc12)C1CCC(CS(=O)(=O)N2C[C@@H](O)[C@H](c3ccccc3)C2)CC1. The minimum atomic E-state index is -3.41. The van der Waals surface area contributed by atoms with Crippen LogP contribution in [0.4, 0.5) is 5.82 Å². The maximum Gasteiger partial charge on any atom is 0.214 e. The molecule has 9 heteroatoms. The lowest BCUT2D eigenvalue weighted by molar-refractivity contribution is 0.173. The van der Waals surface area contributed by atoms with Crippen LogP contribution < -0.4 is 4.90 Å². The van der Waals surface area contributed by atoms with Gasteiger partial charge >= 0.3 is 0 Å². The second-order valence-corrected chi connectivity index (χ2v) is 11.4. The van der Waals surface area contributed by atoms with Crippen LogP contribution in [0.25, 0.3) is 11.0 Å². The van der Waals surface area contributed by atoms with Crippen molar-refractivity contribution in [3.8, 4) is 0 Å². The maximum atomic E-state index is 13.2. The number of rotatable bonds is 6. The van der Waals surface area contributed by atoms with Gasteiger partial charge in [-0.25, -0.2) is 18.4 Å². The lowest BCUT2D eigenvalue weighted by Gasteiger charge is -2.35. The Labute approximate surface area is 194 Å². The Hall–Kier alpha value is -2.49. The first-order chi connectivity index (χ1) is 15.9. The number of aliphatic hydroxyl groups excluding tert-OH is 1. The normalized spacial score (nSPS) is 26.6. The van der Waals surface area contributed by atoms with Crippen molar-refractivity contribution < 1.29 is 13.5 Å². The Morgan fingerprint density at radius 1 is 1.09 bits per heavy atom. The molecule has 176 valence electrons. The number of nitrogens with zero attached hydrogens (tertiary/aromatic N) is 4. The number of sulfonamides is 1. The predicted molar refractivity (Wildman–Crippen MR) is 129 cm³/mol. The van der Waals surface area contributed by atoms with E-state index in [2.05, 4.69) is 26.9 Å². The highest BCUT2D eigenvalue weighted by molar-refractivity contribution is 7.89. The molecular weight excluding hydrogens is 438 g/mol. The molecule has 2 N–H and O–H groups in total. The number of aromatic amines is 1. The number of hydrogen-bond acceptors (Lipinski definition) is 6. The van der Waals surface area contributed by atoms with E-state index in [1.165, 1.54) is 4.31 Å². The number of nitrogens with one attached hydrogen (secondary N) is 1. The van der Waals surface area contributed by atoms with Crippen molar-refractivity contribution in [3.05, 3.63) is 54.5 Å². The van der Waals surface area contributed by atoms with Crippen molar-refractivity contribution in [2.75, 3.05) is 30.8 Å². The molecule has 0 bridgehead atoms. The van der Waals surface area contributed by atoms with Gasteiger partial charge in [0.15, 0.2) is 0 Å². The molecule has 5 rings (SSSR count). The van der Waals surface area contributed by atoms with Crippen LogP contribution in [0, 0.1) is 5.92 Å². The Morgan fingerprint density at radius 3 is 2.61 bits per heavy atom. The Balaban J connectivity index is 1.19. The molecule has 2 aliphatic rings. The number of H-pyrrole nitrogens is 1. The quantitative estimate of drug-likeness (QED) is 0.576. The third-order valence-corrected chi connectivity index (χ3v) is 9.33. The number of hydrogen-bond donors (Lipinski definition) is 2. The third-order valence-electron chi connectivity index (χ3n) is 7.35. The number of fused-ring (bicyclic) bond motifs is 1. The molecule has 0 amide bonds. The van der Waals surface area contributed by atoms with E-state index in [-0.39, 0.29) is 24.1 Å². The summed E-state index contributed by atoms with van der Waals surface area (Å²) in [5.74, 6) is 1.05. The van der Waals surface area contributed by atoms with Crippen LogP contribution in [-0.4, -0.2) is 70.8 Å². The number of β-amino-alcohol motifs (C(OH)–C–C–N with tert-alkyl or cyclic N) is 1. The monoisotopic (exact) mass is 469 g/mol. The van der Waals surface area contributed by atoms with Crippen LogP contribution >= 0.6 is 0 Å². The Kier molecular flexibility index (Phi) is 6.11. The fraction of sp³-hybridized carbons (Fsp3) is 0.500. The van der Waals surface area contributed by atoms with Crippen LogP contribution in [-0.2, 0) is 10.0 Å². The molecule has 1 saturated carbocycles. The first-order valence-corrected chi connectivity index (χ1v) is 13.2. The largest absolute Gasteiger partial charge is 0.391 e. The van der Waals surface area contributed by atoms with Crippen LogP contribution in [0.15, 0.2) is 48.9 Å². The molecule has 0 unspecified atom stereocenters. The molecule has 1 saturated heterocycles. The predicted octanol–water partition coefficient (Wildman–Crippen LogP) is 2.74. The highest BCUT2D eigenvalue weighted by Gasteiger charge is 2.40. The molecule has 2 fully saturated rings. The van der Waals surface area contributed by atoms with E-state index in [1.54, 1.807) is 6.33 Å². The average Bonchev–Trinajstić information content (AvgIpc) is 3.46. The summed E-state index contributed by atoms with van der Waals surface area (Å²) in [7, 11) is -1.35. The Bertz CT molecular complexity index is 1190. The molecule has 0 spiro atoms. The molecule has 3 heterocycles. The van der Waals surface area contributed by atoms with E-state index in [9.17, 15) is 13.5 Å². The second kappa shape index (κ2) is 9.04. The average molecular weight is 470 g/mol. The summed E-state index contributed by atoms with van der Waals surface area (Å²) in [5, 5.41) is 11.5. The standard InChI is InChI=1S/C24H31N5O3S/c1-28(24-20-11-12-25-23(20)26-16-27-24)19-9-7-17(8-10-19)15-33(31,32)29-13-21(22(30)14-29)18-5-3-2-4-6-18/h2-6,11-12,16-17,19,21-22,30H,7-10,13-15H2,1H3,(H,25,26,27)/t17?,19?,21-,22+/m0/s1. The number of aromatic nitrogens is 3. The van der Waals surface area contributed by atoms with Gasteiger partial charge in [-0.15, -0.1) is 0 Å². The Morgan fingerprint density at radius 2 is 1.85 bits per heavy atom. The lowest BCUT2D eigenvalue weighted by atomic mass is 9.86. The van der Waals surface area contributed by atoms with Gasteiger partial charge in [-0.2, -0.15) is 4.31 Å². The summed E-state index contributed by atoms with van der Waals surface area (Å²) in [6, 6.07) is 12.0. The van der Waals surface area contributed by atoms with E-state index >= 15 is 0 Å². The van der Waals surface area contributed by atoms with E-state index in [0.717, 1.165) is 48.1 Å². The number of aliphatic hydroxyl groups is 1. The van der Waals surface area contributed by atoms with Crippen LogP contribution in [0.2, 0.25) is 0 Å². The van der Waals surface area contributed by atoms with E-state index < -0.39 is 16.1 Å². The molecule has 1 aliphatic heterocycles. The van der Waals surface area contributed by atoms with Crippen LogP contribution in [0.3, 0.4) is 0 Å². The van der Waals surface area contributed by atoms with Crippen molar-refractivity contribution in [2.24, 2.45) is 5.92 Å². The summed E-state index contributed by atoms with van der Waals surface area (Å²) in [4.78, 5) is 14.1. The summed E-state index contributed by atoms with van der Waals surface area (Å²) >= 11 is 0. The minimum absolute atomic E-state index is 0.144. The smallest absolute Gasteiger partial charge is 0.214 e. The molecular formula is C24H31N5O3S. The topological polar surface area (TPSA) is 102 Å². The summed E-state index contributed by atoms with van der Waals surface area (Å²) in [5.41, 5.74) is 1.82. The summed E-state index contributed by atoms with van der Waals surface area (Å²) in [6.07, 6.45) is 6.39. The zero-order chi connectivity index (χ0) is 23.0. The van der Waals surface area contributed by atoms with Crippen molar-refractivity contribution in [1.29, 1.82) is 0 Å². The van der Waals surface area contributed by atoms with Gasteiger partial charge in [0.25, 0.3) is 0 Å². The van der Waals surface area contributed by atoms with Gasteiger partial charge in [0, 0.05) is 38.3 Å². The fourth-order valence-electron chi connectivity index (χ4n) is 5.42. The lowest BCUT2D eigenvalue weighted by Crippen LogP contribution is -2.39. The van der Waals surface area contributed by atoms with E-state index in [4.69, 9.17) is 0 Å². The second-order valence-electron chi connectivity index (χ2n) is 9.40. The van der Waals surface area contributed by atoms with Gasteiger partial charge in [0.05, 0.1) is 17.2 Å². The first-order valence-electron chi connectivity index (χ1n) is 11.6. The van der Waals surface area contributed by atoms with Crippen molar-refractivity contribution in [2.45, 2.75) is 43.7 Å². The molecule has 2 atom stereocenters. The highest BCUT2D eigenvalue weighted by atomic mass is 32.2. The summed E-state index contributed by atoms with van der Waals surface area (Å²) in [6.45, 7) is 0.534. The van der Waals surface area contributed by atoms with Crippen molar-refractivity contribution >= 4 is 26.9 Å². The fourth-order valence-corrected chi connectivity index (χ4v) is 7.33. The zero-order valence-electron chi connectivity index (χ0n) is 18.8. The van der Waals surface area contributed by atoms with Gasteiger partial charge in [-0.3, -0.25) is 0 Å². The zero-order valence-corrected chi connectivity index (χ0v) is 19.7. The third kappa shape index (κ3) is 4.49. The first kappa shape index (κ1) is 22.3. The van der Waals surface area contributed by atoms with Crippen LogP contribution in [0.5, 0.6) is 0 Å². The van der Waals surface area contributed by atoms with Crippen molar-refractivity contribution in [3.63, 3.8) is 0 Å². The molecule has 8 nitrogen and oxygen atoms in total. The maximum absolute atomic E-state index is 13.2. The molecule has 3 aromatic rings. The molecule has 2 aromatic heterocycles. The molecule has 33 heavy (non-hydrogen) atoms. The van der Waals surface area contributed by atoms with Crippen molar-refractivity contribution in [1.82, 2.24) is 19.3 Å². The van der Waals surface area contributed by atoms with Gasteiger partial charge < -0.3 is 15.0 Å². The summed E-state index contributed by atoms with van der Waals surface area (Å²) < 4.78 is 27.8. The van der Waals surface area contributed by atoms with Gasteiger partial charge in [-0.1, -0.05) is 30.3 Å². The molecule has 0 radical (unpaired) electrons. The molecule has 1 aromatic carbocycles. The minimum Gasteiger partial charge on any atom is -0.391 e.